The first-order valence-corrected chi connectivity index (χ1v) is 9.95. The van der Waals surface area contributed by atoms with Gasteiger partial charge in [-0.2, -0.15) is 0 Å². The summed E-state index contributed by atoms with van der Waals surface area (Å²) >= 11 is 12.0. The first kappa shape index (κ1) is 22.3. The third kappa shape index (κ3) is 5.29. The first-order chi connectivity index (χ1) is 12.5. The number of nitrogens with one attached hydrogen (secondary N) is 1. The van der Waals surface area contributed by atoms with Crippen molar-refractivity contribution in [1.29, 1.82) is 0 Å². The molecule has 0 spiro atoms. The van der Waals surface area contributed by atoms with E-state index < -0.39 is 0 Å². The molecule has 2 unspecified atom stereocenters. The molecular formula is C19H26Cl3N3O2. The van der Waals surface area contributed by atoms with Gasteiger partial charge in [0.1, 0.15) is 0 Å². The summed E-state index contributed by atoms with van der Waals surface area (Å²) in [7, 11) is 1.94. The van der Waals surface area contributed by atoms with Gasteiger partial charge in [-0.25, -0.2) is 0 Å². The minimum Gasteiger partial charge on any atom is -0.341 e. The van der Waals surface area contributed by atoms with E-state index in [9.17, 15) is 9.59 Å². The van der Waals surface area contributed by atoms with Gasteiger partial charge in [0.25, 0.3) is 5.91 Å². The van der Waals surface area contributed by atoms with E-state index in [1.807, 2.05) is 11.9 Å². The molecule has 1 N–H and O–H groups in total. The number of nitrogens with zero attached hydrogens (tertiary/aromatic N) is 2. The largest absolute Gasteiger partial charge is 0.341 e. The normalized spacial score (nSPS) is 22.9. The zero-order valence-corrected chi connectivity index (χ0v) is 17.7. The highest BCUT2D eigenvalue weighted by Gasteiger charge is 2.33. The average molecular weight is 435 g/mol. The topological polar surface area (TPSA) is 52.7 Å². The van der Waals surface area contributed by atoms with E-state index in [0.29, 0.717) is 34.7 Å². The second kappa shape index (κ2) is 9.97. The summed E-state index contributed by atoms with van der Waals surface area (Å²) in [5, 5.41) is 4.07. The summed E-state index contributed by atoms with van der Waals surface area (Å²) in [4.78, 5) is 29.5. The molecule has 0 bridgehead atoms. The molecule has 5 nitrogen and oxygen atoms in total. The van der Waals surface area contributed by atoms with Crippen LogP contribution in [0.4, 0.5) is 0 Å². The van der Waals surface area contributed by atoms with Crippen molar-refractivity contribution in [1.82, 2.24) is 15.1 Å². The van der Waals surface area contributed by atoms with Crippen molar-refractivity contribution < 1.29 is 9.59 Å². The van der Waals surface area contributed by atoms with Crippen LogP contribution in [0, 0.1) is 5.92 Å². The number of halogens is 3. The van der Waals surface area contributed by atoms with Crippen LogP contribution >= 0.6 is 35.6 Å². The first-order valence-electron chi connectivity index (χ1n) is 9.20. The molecule has 8 heteroatoms. The summed E-state index contributed by atoms with van der Waals surface area (Å²) in [5.74, 6) is -0.0320. The van der Waals surface area contributed by atoms with Gasteiger partial charge in [-0.3, -0.25) is 9.59 Å². The lowest BCUT2D eigenvalue weighted by Gasteiger charge is -2.38. The number of piperidine rings is 2. The lowest BCUT2D eigenvalue weighted by Crippen LogP contribution is -2.52. The lowest BCUT2D eigenvalue weighted by atomic mass is 9.94. The smallest absolute Gasteiger partial charge is 0.253 e. The molecule has 150 valence electrons. The van der Waals surface area contributed by atoms with Crippen LogP contribution in [0.5, 0.6) is 0 Å². The van der Waals surface area contributed by atoms with Gasteiger partial charge in [-0.05, 0) is 50.9 Å². The van der Waals surface area contributed by atoms with E-state index in [2.05, 4.69) is 5.32 Å². The lowest BCUT2D eigenvalue weighted by molar-refractivity contribution is -0.138. The van der Waals surface area contributed by atoms with Gasteiger partial charge in [-0.15, -0.1) is 12.4 Å². The highest BCUT2D eigenvalue weighted by Crippen LogP contribution is 2.26. The fourth-order valence-corrected chi connectivity index (χ4v) is 4.14. The maximum Gasteiger partial charge on any atom is 0.253 e. The molecule has 2 saturated heterocycles. The second-order valence-corrected chi connectivity index (χ2v) is 7.95. The van der Waals surface area contributed by atoms with E-state index >= 15 is 0 Å². The third-order valence-electron chi connectivity index (χ3n) is 5.37. The molecule has 27 heavy (non-hydrogen) atoms. The highest BCUT2D eigenvalue weighted by atomic mass is 35.5. The molecule has 2 heterocycles. The Balaban J connectivity index is 0.00000261. The van der Waals surface area contributed by atoms with Crippen molar-refractivity contribution in [3.05, 3.63) is 33.8 Å². The number of hydrogen-bond acceptors (Lipinski definition) is 3. The minimum atomic E-state index is -0.119. The van der Waals surface area contributed by atoms with Crippen molar-refractivity contribution in [2.24, 2.45) is 5.92 Å². The second-order valence-electron chi connectivity index (χ2n) is 7.13. The van der Waals surface area contributed by atoms with Crippen molar-refractivity contribution in [3.63, 3.8) is 0 Å². The molecular weight excluding hydrogens is 409 g/mol. The number of likely N-dealkylation sites (tertiary alicyclic amines) is 2. The molecule has 0 radical (unpaired) electrons. The molecule has 0 saturated carbocycles. The van der Waals surface area contributed by atoms with Gasteiger partial charge in [-0.1, -0.05) is 23.2 Å². The molecule has 0 aliphatic carbocycles. The maximum atomic E-state index is 12.9. The van der Waals surface area contributed by atoms with Crippen LogP contribution < -0.4 is 5.32 Å². The fraction of sp³-hybridized carbons (Fsp3) is 0.579. The molecule has 2 aliphatic heterocycles. The van der Waals surface area contributed by atoms with Crippen molar-refractivity contribution in [2.75, 3.05) is 33.2 Å². The molecule has 2 atom stereocenters. The number of carbonyl (C=O) groups is 2. The molecule has 2 aliphatic rings. The maximum absolute atomic E-state index is 12.9. The van der Waals surface area contributed by atoms with Crippen LogP contribution in [0.25, 0.3) is 0 Å². The number of rotatable bonds is 3. The molecule has 1 aromatic carbocycles. The Morgan fingerprint density at radius 2 is 1.74 bits per heavy atom. The zero-order valence-electron chi connectivity index (χ0n) is 15.4. The summed E-state index contributed by atoms with van der Waals surface area (Å²) in [5.41, 5.74) is 0.515. The summed E-state index contributed by atoms with van der Waals surface area (Å²) in [6.45, 7) is 2.71. The Morgan fingerprint density at radius 1 is 1.04 bits per heavy atom. The van der Waals surface area contributed by atoms with Crippen molar-refractivity contribution in [3.8, 4) is 0 Å². The number of amides is 2. The standard InChI is InChI=1S/C19H25Cl2N3O2.ClH/c1-22-15-5-3-9-24(12-15)19(26)14-4-2-8-23(11-14)18(25)13-6-7-16(20)17(21)10-13;/h6-7,10,14-15,22H,2-5,8-9,11-12H2,1H3;1H. The highest BCUT2D eigenvalue weighted by molar-refractivity contribution is 6.42. The van der Waals surface area contributed by atoms with Crippen LogP contribution in [0.15, 0.2) is 18.2 Å². The van der Waals surface area contributed by atoms with Gasteiger partial charge in [0.2, 0.25) is 5.91 Å². The van der Waals surface area contributed by atoms with Gasteiger partial charge in [0.05, 0.1) is 16.0 Å². The number of carbonyl (C=O) groups excluding carboxylic acids is 2. The van der Waals surface area contributed by atoms with E-state index in [1.165, 1.54) is 0 Å². The predicted molar refractivity (Wildman–Crippen MR) is 111 cm³/mol. The van der Waals surface area contributed by atoms with E-state index in [0.717, 1.165) is 38.8 Å². The molecule has 2 fully saturated rings. The molecule has 0 aromatic heterocycles. The summed E-state index contributed by atoms with van der Waals surface area (Å²) in [6, 6.07) is 5.28. The summed E-state index contributed by atoms with van der Waals surface area (Å²) < 4.78 is 0. The monoisotopic (exact) mass is 433 g/mol. The van der Waals surface area contributed by atoms with E-state index in [1.54, 1.807) is 23.1 Å². The number of hydrogen-bond donors (Lipinski definition) is 1. The van der Waals surface area contributed by atoms with Crippen LogP contribution in [0.2, 0.25) is 10.0 Å². The van der Waals surface area contributed by atoms with Gasteiger partial charge < -0.3 is 15.1 Å². The van der Waals surface area contributed by atoms with Gasteiger partial charge in [0.15, 0.2) is 0 Å². The van der Waals surface area contributed by atoms with Crippen LogP contribution in [0.1, 0.15) is 36.0 Å². The average Bonchev–Trinajstić information content (AvgIpc) is 2.69. The van der Waals surface area contributed by atoms with Gasteiger partial charge >= 0.3 is 0 Å². The SMILES string of the molecule is CNC1CCCN(C(=O)C2CCCN(C(=O)c3ccc(Cl)c(Cl)c3)C2)C1.Cl. The molecule has 3 rings (SSSR count). The van der Waals surface area contributed by atoms with Crippen LogP contribution in [-0.4, -0.2) is 60.9 Å². The fourth-order valence-electron chi connectivity index (χ4n) is 3.85. The molecule has 1 aromatic rings. The van der Waals surface area contributed by atoms with Crippen LogP contribution in [-0.2, 0) is 4.79 Å². The summed E-state index contributed by atoms with van der Waals surface area (Å²) in [6.07, 6.45) is 3.81. The van der Waals surface area contributed by atoms with E-state index in [4.69, 9.17) is 23.2 Å². The third-order valence-corrected chi connectivity index (χ3v) is 6.10. The van der Waals surface area contributed by atoms with Gasteiger partial charge in [0, 0.05) is 37.8 Å². The zero-order chi connectivity index (χ0) is 18.7. The Morgan fingerprint density at radius 3 is 2.44 bits per heavy atom. The number of benzene rings is 1. The van der Waals surface area contributed by atoms with E-state index in [-0.39, 0.29) is 30.1 Å². The Hall–Kier alpha value is -1.01. The Bertz CT molecular complexity index is 686. The minimum absolute atomic E-state index is 0. The Labute approximate surface area is 176 Å². The quantitative estimate of drug-likeness (QED) is 0.792. The predicted octanol–water partition coefficient (Wildman–Crippen LogP) is 3.48. The number of likely N-dealkylation sites (N-methyl/N-ethyl adjacent to an activating group) is 1. The van der Waals surface area contributed by atoms with Crippen molar-refractivity contribution >= 4 is 47.4 Å². The van der Waals surface area contributed by atoms with Crippen molar-refractivity contribution in [2.45, 2.75) is 31.7 Å². The molecule has 2 amide bonds. The van der Waals surface area contributed by atoms with Crippen LogP contribution in [0.3, 0.4) is 0 Å². The Kier molecular flexibility index (Phi) is 8.22.